The lowest BCUT2D eigenvalue weighted by Crippen LogP contribution is -2.30. The number of hydrogen-bond acceptors (Lipinski definition) is 4. The molecule has 2 aliphatic heterocycles. The monoisotopic (exact) mass is 361 g/mol. The highest BCUT2D eigenvalue weighted by Crippen LogP contribution is 2.41. The van der Waals surface area contributed by atoms with E-state index < -0.39 is 0 Å². The summed E-state index contributed by atoms with van der Waals surface area (Å²) in [4.78, 5) is 18.5. The minimum atomic E-state index is 0.863. The summed E-state index contributed by atoms with van der Waals surface area (Å²) in [6.07, 6.45) is 6.32. The predicted molar refractivity (Wildman–Crippen MR) is 112 cm³/mol. The maximum absolute atomic E-state index is 4.91. The Hall–Kier alpha value is -2.56. The summed E-state index contributed by atoms with van der Waals surface area (Å²) in [5.41, 5.74) is 5.86. The summed E-state index contributed by atoms with van der Waals surface area (Å²) in [6.45, 7) is 6.41. The van der Waals surface area contributed by atoms with Crippen molar-refractivity contribution in [2.24, 2.45) is 0 Å². The number of nitrogens with zero attached hydrogens (tertiary/aromatic N) is 4. The van der Waals surface area contributed by atoms with E-state index in [0.29, 0.717) is 0 Å². The topological polar surface area (TPSA) is 48.1 Å². The number of aromatic amines is 1. The molecule has 0 unspecified atom stereocenters. The molecule has 27 heavy (non-hydrogen) atoms. The average molecular weight is 361 g/mol. The molecule has 2 saturated heterocycles. The lowest BCUT2D eigenvalue weighted by atomic mass is 10.1. The molecular formula is C22H27N5. The maximum atomic E-state index is 4.91. The molecule has 140 valence electrons. The van der Waals surface area contributed by atoms with Gasteiger partial charge in [-0.1, -0.05) is 30.3 Å². The van der Waals surface area contributed by atoms with Gasteiger partial charge < -0.3 is 14.8 Å². The fourth-order valence-electron chi connectivity index (χ4n) is 4.54. The van der Waals surface area contributed by atoms with Crippen molar-refractivity contribution >= 4 is 22.5 Å². The summed E-state index contributed by atoms with van der Waals surface area (Å²) >= 11 is 0. The van der Waals surface area contributed by atoms with Crippen molar-refractivity contribution < 1.29 is 0 Å². The minimum absolute atomic E-state index is 0.863. The number of nitrogens with one attached hydrogen (secondary N) is 1. The normalized spacial score (nSPS) is 17.8. The Kier molecular flexibility index (Phi) is 4.23. The number of aromatic nitrogens is 3. The van der Waals surface area contributed by atoms with Crippen molar-refractivity contribution in [1.29, 1.82) is 0 Å². The third-order valence-electron chi connectivity index (χ3n) is 5.85. The van der Waals surface area contributed by atoms with Gasteiger partial charge in [0, 0.05) is 31.7 Å². The van der Waals surface area contributed by atoms with Gasteiger partial charge in [-0.15, -0.1) is 0 Å². The molecule has 0 amide bonds. The van der Waals surface area contributed by atoms with Crippen LogP contribution in [0.4, 0.5) is 11.5 Å². The molecule has 0 aliphatic carbocycles. The summed E-state index contributed by atoms with van der Waals surface area (Å²) in [7, 11) is 0. The molecule has 2 fully saturated rings. The number of rotatable bonds is 3. The maximum Gasteiger partial charge on any atom is 0.156 e. The molecule has 2 aliphatic rings. The van der Waals surface area contributed by atoms with Crippen molar-refractivity contribution in [2.45, 2.75) is 39.0 Å². The Bertz CT molecular complexity index is 934. The molecule has 5 nitrogen and oxygen atoms in total. The van der Waals surface area contributed by atoms with Gasteiger partial charge in [-0.25, -0.2) is 9.97 Å². The SMILES string of the molecule is Cc1nc(N2CCCCC2)c2[nH]c(-c3ccccc3)c(N3CCCC3)c2n1. The van der Waals surface area contributed by atoms with Crippen LogP contribution in [0.2, 0.25) is 0 Å². The molecule has 5 heteroatoms. The lowest BCUT2D eigenvalue weighted by molar-refractivity contribution is 0.574. The zero-order chi connectivity index (χ0) is 18.2. The van der Waals surface area contributed by atoms with Gasteiger partial charge in [0.15, 0.2) is 5.82 Å². The Morgan fingerprint density at radius 2 is 1.48 bits per heavy atom. The number of H-pyrrole nitrogens is 1. The molecule has 4 heterocycles. The highest BCUT2D eigenvalue weighted by molar-refractivity contribution is 6.03. The molecule has 1 aromatic carbocycles. The molecule has 1 N–H and O–H groups in total. The number of piperidine rings is 1. The molecule has 2 aromatic heterocycles. The number of fused-ring (bicyclic) bond motifs is 1. The van der Waals surface area contributed by atoms with Gasteiger partial charge in [0.2, 0.25) is 0 Å². The largest absolute Gasteiger partial charge is 0.368 e. The van der Waals surface area contributed by atoms with Crippen LogP contribution in [0.5, 0.6) is 0 Å². The standard InChI is InChI=1S/C22H27N5/c1-16-23-19-20(22(24-16)27-14-6-3-7-15-27)25-18(17-10-4-2-5-11-17)21(19)26-12-8-9-13-26/h2,4-5,10-11,25H,3,6-9,12-15H2,1H3. The van der Waals surface area contributed by atoms with E-state index in [1.165, 1.54) is 49.0 Å². The van der Waals surface area contributed by atoms with Crippen LogP contribution in [-0.2, 0) is 0 Å². The van der Waals surface area contributed by atoms with Gasteiger partial charge in [0.25, 0.3) is 0 Å². The molecular weight excluding hydrogens is 334 g/mol. The highest BCUT2D eigenvalue weighted by atomic mass is 15.2. The van der Waals surface area contributed by atoms with Crippen LogP contribution in [0.25, 0.3) is 22.3 Å². The molecule has 0 saturated carbocycles. The number of anilines is 2. The summed E-state index contributed by atoms with van der Waals surface area (Å²) in [5, 5.41) is 0. The van der Waals surface area contributed by atoms with Gasteiger partial charge in [-0.2, -0.15) is 0 Å². The Labute approximate surface area is 160 Å². The van der Waals surface area contributed by atoms with Crippen molar-refractivity contribution in [3.8, 4) is 11.3 Å². The predicted octanol–water partition coefficient (Wildman–Crippen LogP) is 4.52. The molecule has 0 bridgehead atoms. The number of aryl methyl sites for hydroxylation is 1. The molecule has 3 aromatic rings. The molecule has 0 spiro atoms. The van der Waals surface area contributed by atoms with Gasteiger partial charge in [-0.3, -0.25) is 0 Å². The minimum Gasteiger partial charge on any atom is -0.368 e. The van der Waals surface area contributed by atoms with E-state index in [4.69, 9.17) is 9.97 Å². The first kappa shape index (κ1) is 16.6. The van der Waals surface area contributed by atoms with Gasteiger partial charge >= 0.3 is 0 Å². The number of hydrogen-bond donors (Lipinski definition) is 1. The summed E-state index contributed by atoms with van der Waals surface area (Å²) in [5.74, 6) is 1.95. The second kappa shape index (κ2) is 6.87. The third-order valence-corrected chi connectivity index (χ3v) is 5.85. The molecule has 0 atom stereocenters. The van der Waals surface area contributed by atoms with Crippen molar-refractivity contribution in [3.63, 3.8) is 0 Å². The first-order chi connectivity index (χ1) is 13.3. The van der Waals surface area contributed by atoms with Crippen LogP contribution in [0, 0.1) is 6.92 Å². The van der Waals surface area contributed by atoms with Gasteiger partial charge in [-0.05, 0) is 39.0 Å². The van der Waals surface area contributed by atoms with Crippen LogP contribution in [0.1, 0.15) is 37.9 Å². The van der Waals surface area contributed by atoms with Gasteiger partial charge in [0.1, 0.15) is 16.9 Å². The van der Waals surface area contributed by atoms with E-state index in [0.717, 1.165) is 48.9 Å². The van der Waals surface area contributed by atoms with E-state index in [1.807, 2.05) is 6.92 Å². The first-order valence-corrected chi connectivity index (χ1v) is 10.3. The second-order valence-electron chi connectivity index (χ2n) is 7.77. The van der Waals surface area contributed by atoms with Crippen molar-refractivity contribution in [3.05, 3.63) is 36.2 Å². The fraction of sp³-hybridized carbons (Fsp3) is 0.455. The summed E-state index contributed by atoms with van der Waals surface area (Å²) in [6, 6.07) is 10.7. The zero-order valence-corrected chi connectivity index (χ0v) is 16.0. The zero-order valence-electron chi connectivity index (χ0n) is 16.0. The van der Waals surface area contributed by atoms with Crippen molar-refractivity contribution in [1.82, 2.24) is 15.0 Å². The van der Waals surface area contributed by atoms with Crippen molar-refractivity contribution in [2.75, 3.05) is 36.0 Å². The second-order valence-corrected chi connectivity index (χ2v) is 7.77. The van der Waals surface area contributed by atoms with Crippen LogP contribution in [0.3, 0.4) is 0 Å². The fourth-order valence-corrected chi connectivity index (χ4v) is 4.54. The number of benzene rings is 1. The van der Waals surface area contributed by atoms with E-state index in [-0.39, 0.29) is 0 Å². The Morgan fingerprint density at radius 1 is 0.815 bits per heavy atom. The van der Waals surface area contributed by atoms with E-state index in [2.05, 4.69) is 45.1 Å². The quantitative estimate of drug-likeness (QED) is 0.745. The van der Waals surface area contributed by atoms with Crippen LogP contribution in [-0.4, -0.2) is 41.1 Å². The highest BCUT2D eigenvalue weighted by Gasteiger charge is 2.26. The average Bonchev–Trinajstić information content (AvgIpc) is 3.36. The van der Waals surface area contributed by atoms with Crippen LogP contribution < -0.4 is 9.80 Å². The van der Waals surface area contributed by atoms with Crippen LogP contribution >= 0.6 is 0 Å². The smallest absolute Gasteiger partial charge is 0.156 e. The van der Waals surface area contributed by atoms with E-state index in [9.17, 15) is 0 Å². The van der Waals surface area contributed by atoms with Gasteiger partial charge in [0.05, 0.1) is 11.4 Å². The molecule has 5 rings (SSSR count). The molecule has 0 radical (unpaired) electrons. The Balaban J connectivity index is 1.74. The van der Waals surface area contributed by atoms with E-state index >= 15 is 0 Å². The van der Waals surface area contributed by atoms with E-state index in [1.54, 1.807) is 0 Å². The summed E-state index contributed by atoms with van der Waals surface area (Å²) < 4.78 is 0. The first-order valence-electron chi connectivity index (χ1n) is 10.3. The van der Waals surface area contributed by atoms with Crippen LogP contribution in [0.15, 0.2) is 30.3 Å². The lowest BCUT2D eigenvalue weighted by Gasteiger charge is -2.28. The third kappa shape index (κ3) is 2.95. The Morgan fingerprint density at radius 3 is 2.22 bits per heavy atom.